The lowest BCUT2D eigenvalue weighted by Crippen LogP contribution is -2.41. The molecule has 1 aromatic rings. The Morgan fingerprint density at radius 3 is 2.50 bits per heavy atom. The fraction of sp³-hybridized carbons (Fsp3) is 0.500. The van der Waals surface area contributed by atoms with E-state index in [1.807, 2.05) is 0 Å². The molecule has 1 aliphatic carbocycles. The highest BCUT2D eigenvalue weighted by molar-refractivity contribution is 5.90. The number of rotatable bonds is 1. The van der Waals surface area contributed by atoms with Crippen molar-refractivity contribution in [3.05, 3.63) is 17.0 Å². The second kappa shape index (κ2) is 2.68. The lowest BCUT2D eigenvalue weighted by molar-refractivity contribution is -0.126. The van der Waals surface area contributed by atoms with Crippen LogP contribution in [0.5, 0.6) is 0 Å². The van der Waals surface area contributed by atoms with Crippen molar-refractivity contribution < 1.29 is 9.32 Å². The van der Waals surface area contributed by atoms with Gasteiger partial charge in [-0.2, -0.15) is 5.26 Å². The Balaban J connectivity index is 2.49. The molecule has 1 fully saturated rings. The second-order valence-corrected chi connectivity index (χ2v) is 3.79. The SMILES string of the molecule is Cc1noc(C)c1C1(C#N)CC(=O)C1. The van der Waals surface area contributed by atoms with Crippen molar-refractivity contribution in [1.82, 2.24) is 5.16 Å². The van der Waals surface area contributed by atoms with Gasteiger partial charge in [0.2, 0.25) is 0 Å². The minimum atomic E-state index is -0.661. The fourth-order valence-electron chi connectivity index (χ4n) is 2.10. The zero-order chi connectivity index (χ0) is 10.3. The quantitative estimate of drug-likeness (QED) is 0.671. The van der Waals surface area contributed by atoms with Crippen LogP contribution in [0.25, 0.3) is 0 Å². The molecule has 0 aliphatic heterocycles. The summed E-state index contributed by atoms with van der Waals surface area (Å²) in [4.78, 5) is 11.0. The number of aryl methyl sites for hydroxylation is 2. The highest BCUT2D eigenvalue weighted by atomic mass is 16.5. The van der Waals surface area contributed by atoms with Crippen LogP contribution in [0.2, 0.25) is 0 Å². The zero-order valence-corrected chi connectivity index (χ0v) is 8.13. The number of carbonyl (C=O) groups excluding carboxylic acids is 1. The van der Waals surface area contributed by atoms with E-state index in [0.29, 0.717) is 18.6 Å². The molecule has 4 nitrogen and oxygen atoms in total. The summed E-state index contributed by atoms with van der Waals surface area (Å²) in [6.45, 7) is 3.57. The Morgan fingerprint density at radius 2 is 2.14 bits per heavy atom. The van der Waals surface area contributed by atoms with Crippen molar-refractivity contribution in [2.45, 2.75) is 32.1 Å². The summed E-state index contributed by atoms with van der Waals surface area (Å²) >= 11 is 0. The van der Waals surface area contributed by atoms with E-state index in [0.717, 1.165) is 11.3 Å². The molecule has 0 aromatic carbocycles. The van der Waals surface area contributed by atoms with E-state index in [4.69, 9.17) is 9.78 Å². The van der Waals surface area contributed by atoms with Gasteiger partial charge in [0.25, 0.3) is 0 Å². The van der Waals surface area contributed by atoms with Crippen molar-refractivity contribution in [2.24, 2.45) is 0 Å². The number of ketones is 1. The Bertz CT molecular complexity index is 412. The predicted octanol–water partition coefficient (Wildman–Crippen LogP) is 1.42. The van der Waals surface area contributed by atoms with Gasteiger partial charge in [0.1, 0.15) is 17.0 Å². The van der Waals surface area contributed by atoms with Crippen LogP contribution in [-0.4, -0.2) is 10.9 Å². The van der Waals surface area contributed by atoms with Crippen molar-refractivity contribution in [1.29, 1.82) is 5.26 Å². The van der Waals surface area contributed by atoms with Crippen LogP contribution in [0.1, 0.15) is 29.9 Å². The molecule has 2 rings (SSSR count). The molecule has 0 radical (unpaired) electrons. The minimum absolute atomic E-state index is 0.131. The lowest BCUT2D eigenvalue weighted by Gasteiger charge is -2.33. The Kier molecular flexibility index (Phi) is 1.71. The van der Waals surface area contributed by atoms with Crippen LogP contribution in [0.15, 0.2) is 4.52 Å². The highest BCUT2D eigenvalue weighted by Gasteiger charge is 2.48. The third-order valence-electron chi connectivity index (χ3n) is 2.72. The number of aromatic nitrogens is 1. The Hall–Kier alpha value is -1.63. The molecule has 0 spiro atoms. The first-order chi connectivity index (χ1) is 6.59. The summed E-state index contributed by atoms with van der Waals surface area (Å²) < 4.78 is 5.00. The lowest BCUT2D eigenvalue weighted by atomic mass is 9.64. The first-order valence-corrected chi connectivity index (χ1v) is 4.45. The minimum Gasteiger partial charge on any atom is -0.361 e. The van der Waals surface area contributed by atoms with Crippen LogP contribution >= 0.6 is 0 Å². The van der Waals surface area contributed by atoms with Gasteiger partial charge in [-0.15, -0.1) is 0 Å². The Labute approximate surface area is 81.5 Å². The first kappa shape index (κ1) is 8.95. The van der Waals surface area contributed by atoms with E-state index < -0.39 is 5.41 Å². The van der Waals surface area contributed by atoms with Crippen LogP contribution in [0.4, 0.5) is 0 Å². The molecule has 4 heteroatoms. The van der Waals surface area contributed by atoms with Gasteiger partial charge in [-0.3, -0.25) is 4.79 Å². The molecule has 0 amide bonds. The second-order valence-electron chi connectivity index (χ2n) is 3.79. The number of nitriles is 1. The van der Waals surface area contributed by atoms with E-state index in [9.17, 15) is 4.79 Å². The molecule has 0 bridgehead atoms. The summed E-state index contributed by atoms with van der Waals surface area (Å²) in [6, 6.07) is 2.21. The third kappa shape index (κ3) is 0.987. The van der Waals surface area contributed by atoms with Crippen molar-refractivity contribution in [3.8, 4) is 6.07 Å². The summed E-state index contributed by atoms with van der Waals surface area (Å²) in [6.07, 6.45) is 0.596. The Morgan fingerprint density at radius 1 is 1.50 bits per heavy atom. The molecule has 0 atom stereocenters. The summed E-state index contributed by atoms with van der Waals surface area (Å²) in [7, 11) is 0. The predicted molar refractivity (Wildman–Crippen MR) is 47.5 cm³/mol. The molecule has 1 heterocycles. The topological polar surface area (TPSA) is 66.9 Å². The monoisotopic (exact) mass is 190 g/mol. The van der Waals surface area contributed by atoms with Crippen molar-refractivity contribution >= 4 is 5.78 Å². The van der Waals surface area contributed by atoms with E-state index in [1.165, 1.54) is 0 Å². The molecular formula is C10H10N2O2. The van der Waals surface area contributed by atoms with E-state index >= 15 is 0 Å². The number of hydrogen-bond acceptors (Lipinski definition) is 4. The first-order valence-electron chi connectivity index (χ1n) is 4.45. The maximum atomic E-state index is 11.0. The fourth-order valence-corrected chi connectivity index (χ4v) is 2.10. The zero-order valence-electron chi connectivity index (χ0n) is 8.13. The summed E-state index contributed by atoms with van der Waals surface area (Å²) in [5.41, 5.74) is 0.863. The maximum absolute atomic E-state index is 11.0. The number of nitrogens with zero attached hydrogens (tertiary/aromatic N) is 2. The third-order valence-corrected chi connectivity index (χ3v) is 2.72. The largest absolute Gasteiger partial charge is 0.361 e. The van der Waals surface area contributed by atoms with Crippen molar-refractivity contribution in [3.63, 3.8) is 0 Å². The molecular weight excluding hydrogens is 180 g/mol. The molecule has 72 valence electrons. The van der Waals surface area contributed by atoms with Crippen LogP contribution < -0.4 is 0 Å². The van der Waals surface area contributed by atoms with Gasteiger partial charge < -0.3 is 4.52 Å². The van der Waals surface area contributed by atoms with Gasteiger partial charge in [-0.05, 0) is 13.8 Å². The molecule has 0 N–H and O–H groups in total. The molecule has 1 saturated carbocycles. The van der Waals surface area contributed by atoms with Gasteiger partial charge in [-0.1, -0.05) is 5.16 Å². The van der Waals surface area contributed by atoms with Gasteiger partial charge in [0.15, 0.2) is 0 Å². The molecule has 0 unspecified atom stereocenters. The highest BCUT2D eigenvalue weighted by Crippen LogP contribution is 2.43. The van der Waals surface area contributed by atoms with Gasteiger partial charge in [0.05, 0.1) is 11.8 Å². The van der Waals surface area contributed by atoms with Crippen molar-refractivity contribution in [2.75, 3.05) is 0 Å². The number of carbonyl (C=O) groups is 1. The average Bonchev–Trinajstić information content (AvgIpc) is 2.42. The summed E-state index contributed by atoms with van der Waals surface area (Å²) in [5.74, 6) is 0.781. The molecule has 0 saturated heterocycles. The standard InChI is InChI=1S/C10H10N2O2/c1-6-9(7(2)14-12-6)10(5-11)3-8(13)4-10/h3-4H2,1-2H3. The molecule has 1 aromatic heterocycles. The van der Waals surface area contributed by atoms with Gasteiger partial charge >= 0.3 is 0 Å². The number of Topliss-reactive ketones (excluding diaryl/α,β-unsaturated/α-hetero) is 1. The van der Waals surface area contributed by atoms with Crippen LogP contribution in [0, 0.1) is 25.2 Å². The number of hydrogen-bond donors (Lipinski definition) is 0. The summed E-state index contributed by atoms with van der Waals surface area (Å²) in [5, 5.41) is 12.9. The van der Waals surface area contributed by atoms with E-state index in [2.05, 4.69) is 11.2 Å². The van der Waals surface area contributed by atoms with Crippen LogP contribution in [0.3, 0.4) is 0 Å². The molecule has 14 heavy (non-hydrogen) atoms. The normalized spacial score (nSPS) is 18.8. The maximum Gasteiger partial charge on any atom is 0.138 e. The smallest absolute Gasteiger partial charge is 0.138 e. The average molecular weight is 190 g/mol. The molecule has 1 aliphatic rings. The van der Waals surface area contributed by atoms with Crippen LogP contribution in [-0.2, 0) is 10.2 Å². The van der Waals surface area contributed by atoms with Gasteiger partial charge in [0, 0.05) is 18.4 Å². The van der Waals surface area contributed by atoms with E-state index in [1.54, 1.807) is 13.8 Å². The van der Waals surface area contributed by atoms with Gasteiger partial charge in [-0.25, -0.2) is 0 Å². The van der Waals surface area contributed by atoms with E-state index in [-0.39, 0.29) is 5.78 Å².